The Balaban J connectivity index is 3.54. The predicted octanol–water partition coefficient (Wildman–Crippen LogP) is -0.443. The smallest absolute Gasteiger partial charge is 0.313 e. The van der Waals surface area contributed by atoms with E-state index in [0.29, 0.717) is 0 Å². The van der Waals surface area contributed by atoms with Crippen molar-refractivity contribution in [3.63, 3.8) is 0 Å². The summed E-state index contributed by atoms with van der Waals surface area (Å²) in [5.74, 6) is -0.451. The highest BCUT2D eigenvalue weighted by Gasteiger charge is 2.28. The second-order valence-electron chi connectivity index (χ2n) is 3.51. The van der Waals surface area contributed by atoms with Crippen LogP contribution in [0.1, 0.15) is 13.8 Å². The number of rotatable bonds is 7. The van der Waals surface area contributed by atoms with Gasteiger partial charge < -0.3 is 19.7 Å². The second kappa shape index (κ2) is 6.75. The number of hydrogen-bond donors (Lipinski definition) is 2. The van der Waals surface area contributed by atoms with Crippen LogP contribution in [0.25, 0.3) is 0 Å². The number of hydrogen-bond acceptors (Lipinski definition) is 5. The van der Waals surface area contributed by atoms with Gasteiger partial charge >= 0.3 is 5.97 Å². The van der Waals surface area contributed by atoms with Crippen LogP contribution in [0.3, 0.4) is 0 Å². The van der Waals surface area contributed by atoms with E-state index >= 15 is 0 Å². The van der Waals surface area contributed by atoms with E-state index in [0.717, 1.165) is 0 Å². The molecular weight excluding hydrogens is 188 g/mol. The van der Waals surface area contributed by atoms with Crippen LogP contribution in [0, 0.1) is 5.41 Å². The molecule has 0 bridgehead atoms. The average Bonchev–Trinajstić information content (AvgIpc) is 2.17. The number of aliphatic hydroxyl groups excluding tert-OH is 2. The van der Waals surface area contributed by atoms with Crippen molar-refractivity contribution in [3.8, 4) is 0 Å². The van der Waals surface area contributed by atoms with E-state index in [1.807, 2.05) is 0 Å². The van der Waals surface area contributed by atoms with E-state index < -0.39 is 11.4 Å². The van der Waals surface area contributed by atoms with Crippen molar-refractivity contribution in [1.29, 1.82) is 0 Å². The van der Waals surface area contributed by atoms with E-state index in [1.165, 1.54) is 0 Å². The Kier molecular flexibility index (Phi) is 6.44. The Morgan fingerprint density at radius 3 is 2.36 bits per heavy atom. The van der Waals surface area contributed by atoms with Crippen molar-refractivity contribution < 1.29 is 24.5 Å². The first kappa shape index (κ1) is 13.4. The highest BCUT2D eigenvalue weighted by atomic mass is 16.6. The van der Waals surface area contributed by atoms with Gasteiger partial charge in [-0.3, -0.25) is 4.79 Å². The molecule has 0 atom stereocenters. The lowest BCUT2D eigenvalue weighted by Crippen LogP contribution is -2.31. The van der Waals surface area contributed by atoms with Crippen LogP contribution in [0.4, 0.5) is 0 Å². The molecule has 0 rings (SSSR count). The van der Waals surface area contributed by atoms with E-state index in [2.05, 4.69) is 0 Å². The zero-order chi connectivity index (χ0) is 11.0. The number of esters is 1. The molecule has 0 aliphatic rings. The first-order valence-corrected chi connectivity index (χ1v) is 4.51. The van der Waals surface area contributed by atoms with E-state index in [9.17, 15) is 4.79 Å². The van der Waals surface area contributed by atoms with Gasteiger partial charge in [-0.1, -0.05) is 0 Å². The average molecular weight is 206 g/mol. The van der Waals surface area contributed by atoms with Gasteiger partial charge in [0.15, 0.2) is 0 Å². The molecule has 0 saturated heterocycles. The van der Waals surface area contributed by atoms with Gasteiger partial charge in [-0.25, -0.2) is 0 Å². The molecule has 0 aliphatic heterocycles. The Morgan fingerprint density at radius 2 is 1.86 bits per heavy atom. The fourth-order valence-electron chi connectivity index (χ4n) is 0.620. The Labute approximate surface area is 83.6 Å². The van der Waals surface area contributed by atoms with Gasteiger partial charge in [-0.05, 0) is 13.8 Å². The third kappa shape index (κ3) is 5.16. The molecule has 0 aromatic carbocycles. The summed E-state index contributed by atoms with van der Waals surface area (Å²) in [6, 6.07) is 0. The van der Waals surface area contributed by atoms with Crippen molar-refractivity contribution in [2.24, 2.45) is 5.41 Å². The lowest BCUT2D eigenvalue weighted by Gasteiger charge is -2.19. The first-order valence-electron chi connectivity index (χ1n) is 4.51. The number of carbonyl (C=O) groups is 1. The topological polar surface area (TPSA) is 76.0 Å². The maximum atomic E-state index is 11.2. The van der Waals surface area contributed by atoms with Gasteiger partial charge in [0.1, 0.15) is 6.61 Å². The van der Waals surface area contributed by atoms with Gasteiger partial charge in [0.05, 0.1) is 31.8 Å². The molecule has 14 heavy (non-hydrogen) atoms. The van der Waals surface area contributed by atoms with Crippen molar-refractivity contribution in [3.05, 3.63) is 0 Å². The molecule has 5 heteroatoms. The maximum absolute atomic E-state index is 11.2. The number of aliphatic hydroxyl groups is 2. The van der Waals surface area contributed by atoms with Crippen LogP contribution in [0.2, 0.25) is 0 Å². The molecule has 0 radical (unpaired) electrons. The Bertz CT molecular complexity index is 167. The maximum Gasteiger partial charge on any atom is 0.313 e. The number of ether oxygens (including phenoxy) is 2. The minimum atomic E-state index is -0.864. The van der Waals surface area contributed by atoms with Gasteiger partial charge in [0.25, 0.3) is 0 Å². The molecule has 0 spiro atoms. The minimum Gasteiger partial charge on any atom is -0.463 e. The van der Waals surface area contributed by atoms with Gasteiger partial charge in [-0.2, -0.15) is 0 Å². The first-order chi connectivity index (χ1) is 6.54. The molecular formula is C9H18O5. The zero-order valence-electron chi connectivity index (χ0n) is 8.65. The molecule has 0 aromatic rings. The molecule has 0 saturated carbocycles. The monoisotopic (exact) mass is 206 g/mol. The van der Waals surface area contributed by atoms with E-state index in [1.54, 1.807) is 13.8 Å². The van der Waals surface area contributed by atoms with Crippen molar-refractivity contribution in [2.75, 3.05) is 33.0 Å². The molecule has 0 aromatic heterocycles. The third-order valence-corrected chi connectivity index (χ3v) is 1.64. The summed E-state index contributed by atoms with van der Waals surface area (Å²) in [4.78, 5) is 11.2. The van der Waals surface area contributed by atoms with Crippen LogP contribution in [0.15, 0.2) is 0 Å². The molecule has 0 amide bonds. The fraction of sp³-hybridized carbons (Fsp3) is 0.889. The van der Waals surface area contributed by atoms with Crippen molar-refractivity contribution in [1.82, 2.24) is 0 Å². The molecule has 84 valence electrons. The summed E-state index contributed by atoms with van der Waals surface area (Å²) in [5, 5.41) is 17.2. The summed E-state index contributed by atoms with van der Waals surface area (Å²) >= 11 is 0. The van der Waals surface area contributed by atoms with Crippen LogP contribution in [-0.2, 0) is 14.3 Å². The molecule has 0 unspecified atom stereocenters. The van der Waals surface area contributed by atoms with Gasteiger partial charge in [0.2, 0.25) is 0 Å². The molecule has 0 aliphatic carbocycles. The predicted molar refractivity (Wildman–Crippen MR) is 49.7 cm³/mol. The van der Waals surface area contributed by atoms with E-state index in [4.69, 9.17) is 19.7 Å². The summed E-state index contributed by atoms with van der Waals surface area (Å²) in [7, 11) is 0. The SMILES string of the molecule is CC(C)(CO)C(=O)OCCOCCO. The minimum absolute atomic E-state index is 0.0456. The van der Waals surface area contributed by atoms with E-state index in [-0.39, 0.29) is 33.0 Å². The Morgan fingerprint density at radius 1 is 1.21 bits per heavy atom. The zero-order valence-corrected chi connectivity index (χ0v) is 8.65. The normalized spacial score (nSPS) is 11.4. The van der Waals surface area contributed by atoms with Crippen LogP contribution < -0.4 is 0 Å². The Hall–Kier alpha value is -0.650. The summed E-state index contributed by atoms with van der Waals surface area (Å²) in [6.45, 7) is 3.55. The van der Waals surface area contributed by atoms with Crippen molar-refractivity contribution in [2.45, 2.75) is 13.8 Å². The third-order valence-electron chi connectivity index (χ3n) is 1.64. The van der Waals surface area contributed by atoms with Crippen LogP contribution >= 0.6 is 0 Å². The largest absolute Gasteiger partial charge is 0.463 e. The lowest BCUT2D eigenvalue weighted by molar-refractivity contribution is -0.157. The molecule has 2 N–H and O–H groups in total. The van der Waals surface area contributed by atoms with Crippen molar-refractivity contribution >= 4 is 5.97 Å². The lowest BCUT2D eigenvalue weighted by atomic mass is 9.95. The molecule has 0 heterocycles. The standard InChI is InChI=1S/C9H18O5/c1-9(2,7-11)8(12)14-6-5-13-4-3-10/h10-11H,3-7H2,1-2H3. The van der Waals surface area contributed by atoms with Gasteiger partial charge in [0, 0.05) is 0 Å². The highest BCUT2D eigenvalue weighted by Crippen LogP contribution is 2.15. The number of carbonyl (C=O) groups excluding carboxylic acids is 1. The quantitative estimate of drug-likeness (QED) is 0.436. The molecule has 5 nitrogen and oxygen atoms in total. The summed E-state index contributed by atoms with van der Waals surface area (Å²) in [6.07, 6.45) is 0. The van der Waals surface area contributed by atoms with Gasteiger partial charge in [-0.15, -0.1) is 0 Å². The highest BCUT2D eigenvalue weighted by molar-refractivity contribution is 5.75. The van der Waals surface area contributed by atoms with Crippen LogP contribution in [0.5, 0.6) is 0 Å². The summed E-state index contributed by atoms with van der Waals surface area (Å²) in [5.41, 5.74) is -0.864. The second-order valence-corrected chi connectivity index (χ2v) is 3.51. The fourth-order valence-corrected chi connectivity index (χ4v) is 0.620. The van der Waals surface area contributed by atoms with Crippen LogP contribution in [-0.4, -0.2) is 49.2 Å². The molecule has 0 fully saturated rings. The summed E-state index contributed by atoms with van der Waals surface area (Å²) < 4.78 is 9.73.